The predicted molar refractivity (Wildman–Crippen MR) is 104 cm³/mol. The van der Waals surface area contributed by atoms with Crippen LogP contribution in [0.25, 0.3) is 0 Å². The number of benzene rings is 1. The van der Waals surface area contributed by atoms with Crippen molar-refractivity contribution in [2.75, 3.05) is 19.7 Å². The molecule has 0 radical (unpaired) electrons. The number of nitrogens with one attached hydrogen (secondary N) is 3. The van der Waals surface area contributed by atoms with Gasteiger partial charge in [0.2, 0.25) is 0 Å². The molecule has 0 aromatic heterocycles. The lowest BCUT2D eigenvalue weighted by Gasteiger charge is -2.34. The summed E-state index contributed by atoms with van der Waals surface area (Å²) in [6, 6.07) is 6.80. The van der Waals surface area contributed by atoms with E-state index in [1.165, 1.54) is 11.3 Å². The molecule has 1 fully saturated rings. The van der Waals surface area contributed by atoms with Gasteiger partial charge in [0.25, 0.3) is 0 Å². The van der Waals surface area contributed by atoms with E-state index in [2.05, 4.69) is 17.6 Å². The third-order valence-corrected chi connectivity index (χ3v) is 5.59. The zero-order valence-electron chi connectivity index (χ0n) is 15.8. The van der Waals surface area contributed by atoms with Crippen LogP contribution >= 0.6 is 11.6 Å². The van der Waals surface area contributed by atoms with Crippen LogP contribution in [0, 0.1) is 0 Å². The summed E-state index contributed by atoms with van der Waals surface area (Å²) < 4.78 is 5.31. The van der Waals surface area contributed by atoms with Gasteiger partial charge in [0, 0.05) is 5.02 Å². The predicted octanol–water partition coefficient (Wildman–Crippen LogP) is 1.97. The topological polar surface area (TPSA) is 71.9 Å². The van der Waals surface area contributed by atoms with E-state index in [9.17, 15) is 9.59 Å². The monoisotopic (exact) mass is 392 g/mol. The van der Waals surface area contributed by atoms with E-state index in [0.29, 0.717) is 28.9 Å². The van der Waals surface area contributed by atoms with Crippen molar-refractivity contribution >= 4 is 23.6 Å². The third-order valence-electron chi connectivity index (χ3n) is 5.34. The van der Waals surface area contributed by atoms with Crippen LogP contribution in [0.1, 0.15) is 44.7 Å². The summed E-state index contributed by atoms with van der Waals surface area (Å²) in [7, 11) is 0. The lowest BCUT2D eigenvalue weighted by Crippen LogP contribution is -3.16. The van der Waals surface area contributed by atoms with Gasteiger partial charge in [0.1, 0.15) is 6.54 Å². The number of carbonyl (C=O) groups is 2. The molecule has 3 N–H and O–H groups in total. The van der Waals surface area contributed by atoms with E-state index in [1.807, 2.05) is 12.1 Å². The van der Waals surface area contributed by atoms with Gasteiger partial charge in [-0.1, -0.05) is 23.7 Å². The highest BCUT2D eigenvalue weighted by Crippen LogP contribution is 2.28. The average molecular weight is 393 g/mol. The number of ether oxygens (including phenoxy) is 1. The van der Waals surface area contributed by atoms with Crippen molar-refractivity contribution in [1.29, 1.82) is 0 Å². The van der Waals surface area contributed by atoms with Crippen molar-refractivity contribution in [1.82, 2.24) is 10.6 Å². The summed E-state index contributed by atoms with van der Waals surface area (Å²) in [6.45, 7) is 5.92. The second-order valence-corrected chi connectivity index (χ2v) is 7.61. The summed E-state index contributed by atoms with van der Waals surface area (Å²) >= 11 is 5.99. The van der Waals surface area contributed by atoms with E-state index in [-0.39, 0.29) is 12.6 Å². The molecule has 0 aliphatic carbocycles. The number of hydrogen-bond donors (Lipinski definition) is 3. The van der Waals surface area contributed by atoms with Gasteiger partial charge in [-0.2, -0.15) is 0 Å². The molecule has 0 spiro atoms. The Labute approximate surface area is 164 Å². The smallest absolute Gasteiger partial charge is 0.338 e. The van der Waals surface area contributed by atoms with Crippen LogP contribution in [0.15, 0.2) is 35.5 Å². The minimum atomic E-state index is -0.551. The molecule has 2 amide bonds. The molecule has 1 aromatic rings. The molecular formula is C20H27ClN3O3+. The Morgan fingerprint density at radius 3 is 2.70 bits per heavy atom. The molecule has 3 atom stereocenters. The van der Waals surface area contributed by atoms with Crippen LogP contribution in [-0.4, -0.2) is 37.7 Å². The Kier molecular flexibility index (Phi) is 6.39. The summed E-state index contributed by atoms with van der Waals surface area (Å²) in [5.74, 6) is -0.399. The SMILES string of the molecule is CCOC(=O)C1=C(C[NH+]2CCCC[C@@H]2C)NC(=O)N[C@@H]1c1ccc(Cl)cc1. The van der Waals surface area contributed by atoms with Crippen molar-refractivity contribution in [3.05, 3.63) is 46.1 Å². The first-order valence-corrected chi connectivity index (χ1v) is 9.95. The first-order valence-electron chi connectivity index (χ1n) is 9.57. The molecule has 27 heavy (non-hydrogen) atoms. The van der Waals surface area contributed by atoms with Gasteiger partial charge in [-0.05, 0) is 50.8 Å². The molecule has 0 saturated carbocycles. The van der Waals surface area contributed by atoms with E-state index < -0.39 is 12.0 Å². The summed E-state index contributed by atoms with van der Waals surface area (Å²) in [5.41, 5.74) is 1.93. The van der Waals surface area contributed by atoms with Crippen LogP contribution < -0.4 is 15.5 Å². The highest BCUT2D eigenvalue weighted by molar-refractivity contribution is 6.30. The fraction of sp³-hybridized carbons (Fsp3) is 0.500. The highest BCUT2D eigenvalue weighted by Gasteiger charge is 2.36. The maximum Gasteiger partial charge on any atom is 0.338 e. The molecule has 2 heterocycles. The highest BCUT2D eigenvalue weighted by atomic mass is 35.5. The van der Waals surface area contributed by atoms with E-state index in [1.54, 1.807) is 19.1 Å². The minimum Gasteiger partial charge on any atom is -0.463 e. The van der Waals surface area contributed by atoms with Gasteiger partial charge in [0.05, 0.1) is 36.5 Å². The molecule has 2 aliphatic rings. The maximum atomic E-state index is 12.8. The number of urea groups is 1. The first kappa shape index (κ1) is 19.7. The Balaban J connectivity index is 1.98. The van der Waals surface area contributed by atoms with Crippen molar-refractivity contribution in [2.45, 2.75) is 45.2 Å². The number of hydrogen-bond acceptors (Lipinski definition) is 3. The molecule has 146 valence electrons. The molecule has 0 bridgehead atoms. The van der Waals surface area contributed by atoms with Crippen LogP contribution in [0.5, 0.6) is 0 Å². The largest absolute Gasteiger partial charge is 0.463 e. The standard InChI is InChI=1S/C20H26ClN3O3/c1-3-27-19(25)17-16(12-24-11-5-4-6-13(24)2)22-20(26)23-18(17)14-7-9-15(21)10-8-14/h7-10,13,18H,3-6,11-12H2,1-2H3,(H2,22,23,26)/p+1/t13-,18+/m0/s1. The number of carbonyl (C=O) groups excluding carboxylic acids is 2. The third kappa shape index (κ3) is 4.62. The van der Waals surface area contributed by atoms with Crippen molar-refractivity contribution in [3.8, 4) is 0 Å². The quantitative estimate of drug-likeness (QED) is 0.671. The molecule has 1 unspecified atom stereocenters. The second kappa shape index (κ2) is 8.76. The fourth-order valence-corrected chi connectivity index (χ4v) is 3.98. The van der Waals surface area contributed by atoms with Gasteiger partial charge in [0.15, 0.2) is 0 Å². The number of piperidine rings is 1. The van der Waals surface area contributed by atoms with Crippen LogP contribution in [-0.2, 0) is 9.53 Å². The normalized spacial score (nSPS) is 25.6. The Morgan fingerprint density at radius 1 is 1.30 bits per heavy atom. The van der Waals surface area contributed by atoms with Crippen molar-refractivity contribution < 1.29 is 19.2 Å². The fourth-order valence-electron chi connectivity index (χ4n) is 3.86. The van der Waals surface area contributed by atoms with Gasteiger partial charge in [-0.25, -0.2) is 9.59 Å². The molecule has 1 saturated heterocycles. The first-order chi connectivity index (χ1) is 13.0. The molecule has 2 aliphatic heterocycles. The molecule has 3 rings (SSSR count). The molecule has 7 heteroatoms. The summed E-state index contributed by atoms with van der Waals surface area (Å²) in [4.78, 5) is 26.5. The van der Waals surface area contributed by atoms with E-state index in [4.69, 9.17) is 16.3 Å². The van der Waals surface area contributed by atoms with Gasteiger partial charge < -0.3 is 20.3 Å². The zero-order chi connectivity index (χ0) is 19.4. The van der Waals surface area contributed by atoms with Crippen LogP contribution in [0.2, 0.25) is 5.02 Å². The number of rotatable bonds is 5. The van der Waals surface area contributed by atoms with Gasteiger partial charge in [-0.3, -0.25) is 0 Å². The average Bonchev–Trinajstić information content (AvgIpc) is 2.64. The van der Waals surface area contributed by atoms with E-state index >= 15 is 0 Å². The number of likely N-dealkylation sites (tertiary alicyclic amines) is 1. The zero-order valence-corrected chi connectivity index (χ0v) is 16.6. The maximum absolute atomic E-state index is 12.8. The van der Waals surface area contributed by atoms with E-state index in [0.717, 1.165) is 24.9 Å². The minimum absolute atomic E-state index is 0.282. The Hall–Kier alpha value is -2.05. The number of esters is 1. The Morgan fingerprint density at radius 2 is 2.04 bits per heavy atom. The van der Waals surface area contributed by atoms with Crippen molar-refractivity contribution in [2.24, 2.45) is 0 Å². The van der Waals surface area contributed by atoms with Gasteiger partial charge in [-0.15, -0.1) is 0 Å². The second-order valence-electron chi connectivity index (χ2n) is 7.18. The number of halogens is 1. The molecular weight excluding hydrogens is 366 g/mol. The van der Waals surface area contributed by atoms with Gasteiger partial charge >= 0.3 is 12.0 Å². The number of amides is 2. The molecule has 1 aromatic carbocycles. The lowest BCUT2D eigenvalue weighted by atomic mass is 9.94. The Bertz CT molecular complexity index is 732. The van der Waals surface area contributed by atoms with Crippen LogP contribution in [0.3, 0.4) is 0 Å². The summed E-state index contributed by atoms with van der Waals surface area (Å²) in [5, 5.41) is 6.33. The molecule has 6 nitrogen and oxygen atoms in total. The summed E-state index contributed by atoms with van der Waals surface area (Å²) in [6.07, 6.45) is 3.55. The number of quaternary nitrogens is 1. The van der Waals surface area contributed by atoms with Crippen LogP contribution in [0.4, 0.5) is 4.79 Å². The van der Waals surface area contributed by atoms with Crippen molar-refractivity contribution in [3.63, 3.8) is 0 Å². The lowest BCUT2D eigenvalue weighted by molar-refractivity contribution is -0.924.